The second kappa shape index (κ2) is 5.10. The summed E-state index contributed by atoms with van der Waals surface area (Å²) in [6.45, 7) is 2.84. The highest BCUT2D eigenvalue weighted by molar-refractivity contribution is 8.01. The van der Waals surface area contributed by atoms with E-state index in [1.165, 1.54) is 18.5 Å². The molecule has 1 N–H and O–H groups in total. The van der Waals surface area contributed by atoms with Crippen LogP contribution in [0.3, 0.4) is 0 Å². The van der Waals surface area contributed by atoms with Gasteiger partial charge in [-0.1, -0.05) is 11.3 Å². The molecule has 0 unspecified atom stereocenters. The van der Waals surface area contributed by atoms with Crippen LogP contribution in [0, 0.1) is 6.92 Å². The van der Waals surface area contributed by atoms with Crippen molar-refractivity contribution in [2.75, 3.05) is 0 Å². The standard InChI is InChI=1S/C12H13N5S3/c1-7-15-16-12(19-7)20-10-9(6-13-8-2-3-8)17-4-5-18-11(17)14-10/h4-5,8,13H,2-3,6H2,1H3. The second-order valence-electron chi connectivity index (χ2n) is 4.76. The van der Waals surface area contributed by atoms with Gasteiger partial charge in [0.15, 0.2) is 9.30 Å². The molecule has 3 heterocycles. The fraction of sp³-hybridized carbons (Fsp3) is 0.417. The highest BCUT2D eigenvalue weighted by atomic mass is 32.2. The van der Waals surface area contributed by atoms with Gasteiger partial charge in [-0.05, 0) is 31.5 Å². The maximum Gasteiger partial charge on any atom is 0.194 e. The van der Waals surface area contributed by atoms with Gasteiger partial charge in [-0.25, -0.2) is 4.98 Å². The monoisotopic (exact) mass is 323 g/mol. The molecule has 0 aromatic carbocycles. The number of imidazole rings is 1. The van der Waals surface area contributed by atoms with E-state index in [9.17, 15) is 0 Å². The molecule has 1 aliphatic rings. The Hall–Kier alpha value is -0.960. The minimum absolute atomic E-state index is 0.695. The molecule has 104 valence electrons. The minimum Gasteiger partial charge on any atom is -0.308 e. The number of hydrogen-bond acceptors (Lipinski definition) is 7. The molecule has 0 atom stereocenters. The second-order valence-corrected chi connectivity index (χ2v) is 8.05. The van der Waals surface area contributed by atoms with Gasteiger partial charge < -0.3 is 5.32 Å². The van der Waals surface area contributed by atoms with Crippen LogP contribution >= 0.6 is 34.4 Å². The molecule has 0 saturated heterocycles. The van der Waals surface area contributed by atoms with Gasteiger partial charge in [-0.3, -0.25) is 4.40 Å². The third-order valence-corrected chi connectivity index (χ3v) is 5.82. The lowest BCUT2D eigenvalue weighted by atomic mass is 10.4. The van der Waals surface area contributed by atoms with Gasteiger partial charge in [0, 0.05) is 24.2 Å². The van der Waals surface area contributed by atoms with Crippen molar-refractivity contribution >= 4 is 39.4 Å². The Labute approximate surface area is 128 Å². The van der Waals surface area contributed by atoms with Crippen molar-refractivity contribution in [3.05, 3.63) is 22.3 Å². The molecule has 20 heavy (non-hydrogen) atoms. The lowest BCUT2D eigenvalue weighted by molar-refractivity contribution is 0.661. The third-order valence-electron chi connectivity index (χ3n) is 3.15. The van der Waals surface area contributed by atoms with E-state index in [1.807, 2.05) is 6.92 Å². The fourth-order valence-electron chi connectivity index (χ4n) is 1.99. The first-order chi connectivity index (χ1) is 9.79. The molecule has 0 radical (unpaired) electrons. The summed E-state index contributed by atoms with van der Waals surface area (Å²) in [4.78, 5) is 5.76. The fourth-order valence-corrected chi connectivity index (χ4v) is 4.63. The lowest BCUT2D eigenvalue weighted by Crippen LogP contribution is -2.16. The molecule has 8 heteroatoms. The number of aryl methyl sites for hydroxylation is 1. The van der Waals surface area contributed by atoms with E-state index in [0.717, 1.165) is 25.9 Å². The molecule has 1 aliphatic carbocycles. The molecule has 0 spiro atoms. The Kier molecular flexibility index (Phi) is 3.25. The van der Waals surface area contributed by atoms with E-state index in [2.05, 4.69) is 31.5 Å². The Morgan fingerprint density at radius 3 is 3.10 bits per heavy atom. The van der Waals surface area contributed by atoms with Gasteiger partial charge in [0.25, 0.3) is 0 Å². The highest BCUT2D eigenvalue weighted by Gasteiger charge is 2.22. The summed E-state index contributed by atoms with van der Waals surface area (Å²) in [6.07, 6.45) is 4.68. The Morgan fingerprint density at radius 1 is 1.45 bits per heavy atom. The van der Waals surface area contributed by atoms with Gasteiger partial charge in [0.05, 0.1) is 5.69 Å². The van der Waals surface area contributed by atoms with Crippen LogP contribution in [-0.2, 0) is 6.54 Å². The topological polar surface area (TPSA) is 55.1 Å². The number of fused-ring (bicyclic) bond motifs is 1. The lowest BCUT2D eigenvalue weighted by Gasteiger charge is -2.03. The Morgan fingerprint density at radius 2 is 2.35 bits per heavy atom. The quantitative estimate of drug-likeness (QED) is 0.782. The third kappa shape index (κ3) is 2.48. The highest BCUT2D eigenvalue weighted by Crippen LogP contribution is 2.33. The van der Waals surface area contributed by atoms with E-state index in [1.54, 1.807) is 34.4 Å². The first kappa shape index (κ1) is 12.8. The maximum absolute atomic E-state index is 4.72. The summed E-state index contributed by atoms with van der Waals surface area (Å²) in [5, 5.41) is 15.9. The number of nitrogens with zero attached hydrogens (tertiary/aromatic N) is 4. The molecule has 1 fully saturated rings. The van der Waals surface area contributed by atoms with Crippen molar-refractivity contribution in [1.29, 1.82) is 0 Å². The predicted molar refractivity (Wildman–Crippen MR) is 81.7 cm³/mol. The van der Waals surface area contributed by atoms with Crippen molar-refractivity contribution in [3.8, 4) is 0 Å². The summed E-state index contributed by atoms with van der Waals surface area (Å²) in [5.41, 5.74) is 1.23. The number of nitrogens with one attached hydrogen (secondary N) is 1. The number of hydrogen-bond donors (Lipinski definition) is 1. The van der Waals surface area contributed by atoms with E-state index in [-0.39, 0.29) is 0 Å². The van der Waals surface area contributed by atoms with Crippen LogP contribution in [0.1, 0.15) is 23.5 Å². The molecule has 4 rings (SSSR count). The van der Waals surface area contributed by atoms with Crippen LogP contribution in [-0.4, -0.2) is 25.6 Å². The van der Waals surface area contributed by atoms with Crippen molar-refractivity contribution in [1.82, 2.24) is 24.9 Å². The van der Waals surface area contributed by atoms with Crippen LogP contribution in [0.5, 0.6) is 0 Å². The summed E-state index contributed by atoms with van der Waals surface area (Å²) in [6, 6.07) is 0.695. The zero-order chi connectivity index (χ0) is 13.5. The zero-order valence-electron chi connectivity index (χ0n) is 10.9. The van der Waals surface area contributed by atoms with Crippen LogP contribution in [0.4, 0.5) is 0 Å². The smallest absolute Gasteiger partial charge is 0.194 e. The average Bonchev–Trinajstić information content (AvgIpc) is 2.83. The van der Waals surface area contributed by atoms with Gasteiger partial charge in [0.1, 0.15) is 10.0 Å². The maximum atomic E-state index is 4.72. The van der Waals surface area contributed by atoms with Gasteiger partial charge in [-0.2, -0.15) is 0 Å². The van der Waals surface area contributed by atoms with Gasteiger partial charge in [0.2, 0.25) is 0 Å². The van der Waals surface area contributed by atoms with Crippen LogP contribution in [0.25, 0.3) is 4.96 Å². The van der Waals surface area contributed by atoms with E-state index < -0.39 is 0 Å². The van der Waals surface area contributed by atoms with Crippen molar-refractivity contribution < 1.29 is 0 Å². The Balaban J connectivity index is 1.65. The average molecular weight is 323 g/mol. The number of aromatic nitrogens is 4. The molecule has 5 nitrogen and oxygen atoms in total. The summed E-state index contributed by atoms with van der Waals surface area (Å²) < 4.78 is 3.14. The molecule has 1 saturated carbocycles. The van der Waals surface area contributed by atoms with E-state index in [0.29, 0.717) is 6.04 Å². The first-order valence-corrected chi connectivity index (χ1v) is 8.96. The molecular weight excluding hydrogens is 310 g/mol. The zero-order valence-corrected chi connectivity index (χ0v) is 13.3. The van der Waals surface area contributed by atoms with E-state index >= 15 is 0 Å². The molecule has 3 aromatic heterocycles. The molecule has 0 amide bonds. The number of rotatable bonds is 5. The van der Waals surface area contributed by atoms with Crippen LogP contribution < -0.4 is 5.32 Å². The van der Waals surface area contributed by atoms with Crippen LogP contribution in [0.2, 0.25) is 0 Å². The summed E-state index contributed by atoms with van der Waals surface area (Å²) in [7, 11) is 0. The normalized spacial score (nSPS) is 15.2. The van der Waals surface area contributed by atoms with Gasteiger partial charge >= 0.3 is 0 Å². The summed E-state index contributed by atoms with van der Waals surface area (Å²) >= 11 is 4.90. The van der Waals surface area contributed by atoms with Gasteiger partial charge in [-0.15, -0.1) is 21.5 Å². The SMILES string of the molecule is Cc1nnc(Sc2nc3sccn3c2CNC2CC2)s1. The predicted octanol–water partition coefficient (Wildman–Crippen LogP) is 2.96. The van der Waals surface area contributed by atoms with Crippen molar-refractivity contribution in [3.63, 3.8) is 0 Å². The minimum atomic E-state index is 0.695. The molecule has 0 bridgehead atoms. The largest absolute Gasteiger partial charge is 0.308 e. The van der Waals surface area contributed by atoms with Crippen molar-refractivity contribution in [2.24, 2.45) is 0 Å². The Bertz CT molecular complexity index is 739. The van der Waals surface area contributed by atoms with Crippen molar-refractivity contribution in [2.45, 2.75) is 41.7 Å². The number of thiazole rings is 1. The first-order valence-electron chi connectivity index (χ1n) is 6.45. The molecule has 0 aliphatic heterocycles. The molecule has 3 aromatic rings. The molecular formula is C12H13N5S3. The summed E-state index contributed by atoms with van der Waals surface area (Å²) in [5.74, 6) is 0. The van der Waals surface area contributed by atoms with Crippen LogP contribution in [0.15, 0.2) is 20.9 Å². The van der Waals surface area contributed by atoms with E-state index in [4.69, 9.17) is 4.98 Å².